The zero-order chi connectivity index (χ0) is 15.6. The number of rotatable bonds is 4. The van der Waals surface area contributed by atoms with Crippen molar-refractivity contribution in [3.63, 3.8) is 0 Å². The topological polar surface area (TPSA) is 52.0 Å². The first-order valence-corrected chi connectivity index (χ1v) is 7.74. The van der Waals surface area contributed by atoms with Crippen LogP contribution in [0.3, 0.4) is 0 Å². The summed E-state index contributed by atoms with van der Waals surface area (Å²) in [6.45, 7) is 0.957. The standard InChI is InChI=1S/C18H18N4O/c1-23-15-7-5-14(6-8-15)22-18-16(9-11-20-18)17(21-22)12-13-4-2-3-10-19-13/h2-8,10,20H,9,11-12H2,1H3. The lowest BCUT2D eigenvalue weighted by atomic mass is 10.1. The monoisotopic (exact) mass is 306 g/mol. The first-order valence-electron chi connectivity index (χ1n) is 7.74. The lowest BCUT2D eigenvalue weighted by molar-refractivity contribution is 0.414. The second kappa shape index (κ2) is 5.76. The predicted molar refractivity (Wildman–Crippen MR) is 89.4 cm³/mol. The number of anilines is 1. The minimum Gasteiger partial charge on any atom is -0.497 e. The van der Waals surface area contributed by atoms with Crippen molar-refractivity contribution < 1.29 is 4.74 Å². The molecule has 0 atom stereocenters. The van der Waals surface area contributed by atoms with Crippen LogP contribution < -0.4 is 10.1 Å². The van der Waals surface area contributed by atoms with Crippen LogP contribution in [0.15, 0.2) is 48.7 Å². The third kappa shape index (κ3) is 2.54. The zero-order valence-electron chi connectivity index (χ0n) is 13.0. The summed E-state index contributed by atoms with van der Waals surface area (Å²) in [6.07, 6.45) is 3.59. The summed E-state index contributed by atoms with van der Waals surface area (Å²) >= 11 is 0. The minimum absolute atomic E-state index is 0.758. The van der Waals surface area contributed by atoms with Gasteiger partial charge in [-0.25, -0.2) is 4.68 Å². The van der Waals surface area contributed by atoms with Crippen LogP contribution in [-0.2, 0) is 12.8 Å². The smallest absolute Gasteiger partial charge is 0.133 e. The number of benzene rings is 1. The Balaban J connectivity index is 1.72. The van der Waals surface area contributed by atoms with E-state index in [0.29, 0.717) is 0 Å². The fourth-order valence-corrected chi connectivity index (χ4v) is 2.97. The maximum absolute atomic E-state index is 5.23. The molecule has 2 aromatic heterocycles. The minimum atomic E-state index is 0.758. The third-order valence-electron chi connectivity index (χ3n) is 4.13. The van der Waals surface area contributed by atoms with Crippen molar-refractivity contribution in [1.82, 2.24) is 14.8 Å². The van der Waals surface area contributed by atoms with Gasteiger partial charge in [-0.15, -0.1) is 0 Å². The molecule has 0 radical (unpaired) electrons. The van der Waals surface area contributed by atoms with Crippen molar-refractivity contribution in [1.29, 1.82) is 0 Å². The Bertz CT molecular complexity index is 809. The van der Waals surface area contributed by atoms with E-state index in [9.17, 15) is 0 Å². The van der Waals surface area contributed by atoms with Gasteiger partial charge in [0.25, 0.3) is 0 Å². The molecule has 1 aromatic carbocycles. The molecular formula is C18H18N4O. The molecule has 23 heavy (non-hydrogen) atoms. The molecule has 5 nitrogen and oxygen atoms in total. The fraction of sp³-hybridized carbons (Fsp3) is 0.222. The highest BCUT2D eigenvalue weighted by molar-refractivity contribution is 5.57. The Morgan fingerprint density at radius 2 is 2.04 bits per heavy atom. The van der Waals surface area contributed by atoms with Crippen LogP contribution in [0.4, 0.5) is 5.82 Å². The molecule has 0 saturated carbocycles. The van der Waals surface area contributed by atoms with E-state index in [-0.39, 0.29) is 0 Å². The Hall–Kier alpha value is -2.82. The van der Waals surface area contributed by atoms with Gasteiger partial charge in [0.2, 0.25) is 0 Å². The quantitative estimate of drug-likeness (QED) is 0.805. The Kier molecular flexibility index (Phi) is 3.46. The van der Waals surface area contributed by atoms with Crippen molar-refractivity contribution in [2.24, 2.45) is 0 Å². The van der Waals surface area contributed by atoms with Gasteiger partial charge in [0.1, 0.15) is 11.6 Å². The molecule has 0 amide bonds. The van der Waals surface area contributed by atoms with E-state index in [1.54, 1.807) is 7.11 Å². The average Bonchev–Trinajstić information content (AvgIpc) is 3.20. The van der Waals surface area contributed by atoms with E-state index in [1.807, 2.05) is 53.3 Å². The molecule has 4 rings (SSSR count). The molecule has 3 heterocycles. The van der Waals surface area contributed by atoms with E-state index in [0.717, 1.165) is 48.0 Å². The van der Waals surface area contributed by atoms with Crippen LogP contribution in [-0.4, -0.2) is 28.4 Å². The van der Waals surface area contributed by atoms with Crippen molar-refractivity contribution in [2.45, 2.75) is 12.8 Å². The molecule has 0 aliphatic carbocycles. The van der Waals surface area contributed by atoms with Crippen LogP contribution in [0, 0.1) is 0 Å². The number of hydrogen-bond donors (Lipinski definition) is 1. The van der Waals surface area contributed by atoms with Gasteiger partial charge < -0.3 is 10.1 Å². The van der Waals surface area contributed by atoms with Crippen molar-refractivity contribution >= 4 is 5.82 Å². The maximum Gasteiger partial charge on any atom is 0.133 e. The summed E-state index contributed by atoms with van der Waals surface area (Å²) < 4.78 is 7.21. The predicted octanol–water partition coefficient (Wildman–Crippen LogP) is 2.83. The van der Waals surface area contributed by atoms with E-state index in [4.69, 9.17) is 9.84 Å². The molecule has 3 aromatic rings. The number of nitrogens with one attached hydrogen (secondary N) is 1. The van der Waals surface area contributed by atoms with Gasteiger partial charge in [-0.3, -0.25) is 4.98 Å². The Morgan fingerprint density at radius 1 is 1.17 bits per heavy atom. The molecule has 1 aliphatic rings. The van der Waals surface area contributed by atoms with Crippen molar-refractivity contribution in [3.8, 4) is 11.4 Å². The Labute approximate surface area is 134 Å². The molecule has 0 saturated heterocycles. The normalized spacial score (nSPS) is 12.7. The second-order valence-electron chi connectivity index (χ2n) is 5.56. The van der Waals surface area contributed by atoms with Gasteiger partial charge in [0.15, 0.2) is 0 Å². The number of fused-ring (bicyclic) bond motifs is 1. The first kappa shape index (κ1) is 13.8. The van der Waals surface area contributed by atoms with E-state index in [2.05, 4.69) is 10.3 Å². The van der Waals surface area contributed by atoms with Crippen LogP contribution in [0.2, 0.25) is 0 Å². The van der Waals surface area contributed by atoms with Crippen LogP contribution >= 0.6 is 0 Å². The molecule has 1 aliphatic heterocycles. The van der Waals surface area contributed by atoms with Gasteiger partial charge in [0.05, 0.1) is 18.5 Å². The summed E-state index contributed by atoms with van der Waals surface area (Å²) in [5, 5.41) is 8.28. The first-order chi connectivity index (χ1) is 11.3. The molecule has 0 unspecified atom stereocenters. The lowest BCUT2D eigenvalue weighted by Gasteiger charge is -2.07. The molecule has 116 valence electrons. The molecular weight excluding hydrogens is 288 g/mol. The zero-order valence-corrected chi connectivity index (χ0v) is 13.0. The van der Waals surface area contributed by atoms with Gasteiger partial charge in [0, 0.05) is 30.4 Å². The van der Waals surface area contributed by atoms with Crippen LogP contribution in [0.25, 0.3) is 5.69 Å². The van der Waals surface area contributed by atoms with E-state index in [1.165, 1.54) is 5.56 Å². The SMILES string of the molecule is COc1ccc(-n2nc(Cc3ccccn3)c3c2NCC3)cc1. The average molecular weight is 306 g/mol. The number of aromatic nitrogens is 3. The summed E-state index contributed by atoms with van der Waals surface area (Å²) in [5.41, 5.74) is 4.47. The van der Waals surface area contributed by atoms with Gasteiger partial charge >= 0.3 is 0 Å². The molecule has 0 bridgehead atoms. The van der Waals surface area contributed by atoms with Crippen molar-refractivity contribution in [3.05, 3.63) is 65.6 Å². The fourth-order valence-electron chi connectivity index (χ4n) is 2.97. The molecule has 1 N–H and O–H groups in total. The summed E-state index contributed by atoms with van der Waals surface area (Å²) in [7, 11) is 1.67. The summed E-state index contributed by atoms with van der Waals surface area (Å²) in [5.74, 6) is 1.94. The number of ether oxygens (including phenoxy) is 1. The summed E-state index contributed by atoms with van der Waals surface area (Å²) in [4.78, 5) is 4.42. The van der Waals surface area contributed by atoms with Crippen LogP contribution in [0.5, 0.6) is 5.75 Å². The van der Waals surface area contributed by atoms with Crippen molar-refractivity contribution in [2.75, 3.05) is 19.0 Å². The molecule has 5 heteroatoms. The highest BCUT2D eigenvalue weighted by atomic mass is 16.5. The maximum atomic E-state index is 5.23. The third-order valence-corrected chi connectivity index (χ3v) is 4.13. The molecule has 0 fully saturated rings. The van der Waals surface area contributed by atoms with Gasteiger partial charge in [-0.05, 0) is 42.8 Å². The van der Waals surface area contributed by atoms with Gasteiger partial charge in [-0.1, -0.05) is 6.07 Å². The highest BCUT2D eigenvalue weighted by Gasteiger charge is 2.23. The molecule has 0 spiro atoms. The number of nitrogens with zero attached hydrogens (tertiary/aromatic N) is 3. The highest BCUT2D eigenvalue weighted by Crippen LogP contribution is 2.30. The Morgan fingerprint density at radius 3 is 2.78 bits per heavy atom. The van der Waals surface area contributed by atoms with Gasteiger partial charge in [-0.2, -0.15) is 5.10 Å². The second-order valence-corrected chi connectivity index (χ2v) is 5.56. The van der Waals surface area contributed by atoms with Crippen LogP contribution in [0.1, 0.15) is 17.0 Å². The largest absolute Gasteiger partial charge is 0.497 e. The number of methoxy groups -OCH3 is 1. The van der Waals surface area contributed by atoms with E-state index < -0.39 is 0 Å². The summed E-state index contributed by atoms with van der Waals surface area (Å²) in [6, 6.07) is 14.0. The van der Waals surface area contributed by atoms with E-state index >= 15 is 0 Å². The lowest BCUT2D eigenvalue weighted by Crippen LogP contribution is -2.05. The number of hydrogen-bond acceptors (Lipinski definition) is 4. The number of pyridine rings is 1.